The van der Waals surface area contributed by atoms with Crippen molar-refractivity contribution < 1.29 is 0 Å². The molecule has 1 saturated carbocycles. The second-order valence-corrected chi connectivity index (χ2v) is 6.59. The van der Waals surface area contributed by atoms with E-state index in [1.165, 1.54) is 38.6 Å². The number of nitrogens with zero attached hydrogens (tertiary/aromatic N) is 4. The summed E-state index contributed by atoms with van der Waals surface area (Å²) in [5, 5.41) is 8.10. The predicted octanol–water partition coefficient (Wildman–Crippen LogP) is 2.04. The number of nitrogens with one attached hydrogen (secondary N) is 1. The summed E-state index contributed by atoms with van der Waals surface area (Å²) in [5.74, 6) is 2.01. The summed E-state index contributed by atoms with van der Waals surface area (Å²) in [5.41, 5.74) is 0. The molecule has 3 rings (SSSR count). The normalized spacial score (nSPS) is 25.3. The SMILES string of the molecule is CCCn1ncnc1CN1CCNC(C2CCCCC2)C1. The van der Waals surface area contributed by atoms with Crippen molar-refractivity contribution in [3.8, 4) is 0 Å². The first-order valence-corrected chi connectivity index (χ1v) is 8.69. The zero-order valence-electron chi connectivity index (χ0n) is 13.3. The minimum atomic E-state index is 0.682. The molecule has 1 aliphatic heterocycles. The molecule has 1 aromatic rings. The number of rotatable bonds is 5. The van der Waals surface area contributed by atoms with Gasteiger partial charge < -0.3 is 5.32 Å². The highest BCUT2D eigenvalue weighted by Gasteiger charge is 2.28. The Morgan fingerprint density at radius 1 is 1.29 bits per heavy atom. The van der Waals surface area contributed by atoms with Gasteiger partial charge in [0.2, 0.25) is 0 Å². The van der Waals surface area contributed by atoms with Crippen LogP contribution in [0.5, 0.6) is 0 Å². The van der Waals surface area contributed by atoms with E-state index in [-0.39, 0.29) is 0 Å². The third-order valence-electron chi connectivity index (χ3n) is 5.00. The third kappa shape index (κ3) is 3.83. The second kappa shape index (κ2) is 7.36. The fraction of sp³-hybridized carbons (Fsp3) is 0.875. The van der Waals surface area contributed by atoms with Crippen molar-refractivity contribution in [2.45, 2.75) is 64.6 Å². The van der Waals surface area contributed by atoms with Gasteiger partial charge in [0.05, 0.1) is 6.54 Å². The van der Waals surface area contributed by atoms with Gasteiger partial charge in [0.25, 0.3) is 0 Å². The minimum Gasteiger partial charge on any atom is -0.311 e. The van der Waals surface area contributed by atoms with Crippen molar-refractivity contribution in [1.29, 1.82) is 0 Å². The van der Waals surface area contributed by atoms with Crippen LogP contribution in [0.3, 0.4) is 0 Å². The fourth-order valence-electron chi connectivity index (χ4n) is 3.85. The van der Waals surface area contributed by atoms with Gasteiger partial charge in [-0.15, -0.1) is 0 Å². The van der Waals surface area contributed by atoms with Gasteiger partial charge in [-0.3, -0.25) is 4.90 Å². The molecule has 1 saturated heterocycles. The lowest BCUT2D eigenvalue weighted by Gasteiger charge is -2.39. The molecule has 1 aliphatic carbocycles. The van der Waals surface area contributed by atoms with Gasteiger partial charge in [-0.25, -0.2) is 9.67 Å². The Kier molecular flexibility index (Phi) is 5.25. The van der Waals surface area contributed by atoms with Gasteiger partial charge in [0, 0.05) is 32.2 Å². The first-order chi connectivity index (χ1) is 10.4. The summed E-state index contributed by atoms with van der Waals surface area (Å²) in [6, 6.07) is 0.682. The predicted molar refractivity (Wildman–Crippen MR) is 84.0 cm³/mol. The lowest BCUT2D eigenvalue weighted by Crippen LogP contribution is -2.53. The standard InChI is InChI=1S/C16H29N5/c1-2-9-21-16(18-13-19-21)12-20-10-8-17-15(11-20)14-6-4-3-5-7-14/h13-15,17H,2-12H2,1H3. The summed E-state index contributed by atoms with van der Waals surface area (Å²) in [7, 11) is 0. The molecule has 2 fully saturated rings. The molecule has 2 heterocycles. The summed E-state index contributed by atoms with van der Waals surface area (Å²) in [4.78, 5) is 7.02. The number of aromatic nitrogens is 3. The smallest absolute Gasteiger partial charge is 0.141 e. The van der Waals surface area contributed by atoms with E-state index in [9.17, 15) is 0 Å². The van der Waals surface area contributed by atoms with Crippen molar-refractivity contribution in [3.63, 3.8) is 0 Å². The highest BCUT2D eigenvalue weighted by Crippen LogP contribution is 2.27. The van der Waals surface area contributed by atoms with E-state index in [1.54, 1.807) is 6.33 Å². The molecule has 118 valence electrons. The summed E-state index contributed by atoms with van der Waals surface area (Å²) < 4.78 is 2.07. The second-order valence-electron chi connectivity index (χ2n) is 6.59. The topological polar surface area (TPSA) is 46.0 Å². The van der Waals surface area contributed by atoms with Crippen LogP contribution in [0.4, 0.5) is 0 Å². The molecule has 0 aromatic carbocycles. The molecular weight excluding hydrogens is 262 g/mol. The molecule has 0 amide bonds. The van der Waals surface area contributed by atoms with Crippen LogP contribution < -0.4 is 5.32 Å². The molecule has 0 radical (unpaired) electrons. The van der Waals surface area contributed by atoms with E-state index >= 15 is 0 Å². The lowest BCUT2D eigenvalue weighted by molar-refractivity contribution is 0.137. The highest BCUT2D eigenvalue weighted by atomic mass is 15.4. The van der Waals surface area contributed by atoms with Crippen LogP contribution >= 0.6 is 0 Å². The van der Waals surface area contributed by atoms with Crippen LogP contribution in [0.25, 0.3) is 0 Å². The Morgan fingerprint density at radius 3 is 2.95 bits per heavy atom. The number of hydrogen-bond acceptors (Lipinski definition) is 4. The monoisotopic (exact) mass is 291 g/mol. The Morgan fingerprint density at radius 2 is 2.14 bits per heavy atom. The average Bonchev–Trinajstić information content (AvgIpc) is 2.96. The Labute approximate surface area is 128 Å². The number of aryl methyl sites for hydroxylation is 1. The first kappa shape index (κ1) is 15.0. The van der Waals surface area contributed by atoms with Crippen molar-refractivity contribution in [2.75, 3.05) is 19.6 Å². The maximum Gasteiger partial charge on any atom is 0.141 e. The van der Waals surface area contributed by atoms with Crippen LogP contribution in [0.1, 0.15) is 51.3 Å². The molecule has 0 bridgehead atoms. The number of hydrogen-bond donors (Lipinski definition) is 1. The zero-order valence-corrected chi connectivity index (χ0v) is 13.3. The highest BCUT2D eigenvalue weighted by molar-refractivity contribution is 4.90. The van der Waals surface area contributed by atoms with Gasteiger partial charge in [0.15, 0.2) is 0 Å². The van der Waals surface area contributed by atoms with E-state index in [0.29, 0.717) is 6.04 Å². The van der Waals surface area contributed by atoms with E-state index < -0.39 is 0 Å². The number of piperazine rings is 1. The molecule has 1 N–H and O–H groups in total. The van der Waals surface area contributed by atoms with E-state index in [0.717, 1.165) is 44.3 Å². The quantitative estimate of drug-likeness (QED) is 0.902. The molecule has 1 aromatic heterocycles. The van der Waals surface area contributed by atoms with Crippen LogP contribution in [0.2, 0.25) is 0 Å². The maximum atomic E-state index is 4.46. The average molecular weight is 291 g/mol. The summed E-state index contributed by atoms with van der Waals surface area (Å²) >= 11 is 0. The van der Waals surface area contributed by atoms with Crippen molar-refractivity contribution >= 4 is 0 Å². The van der Waals surface area contributed by atoms with Crippen LogP contribution in [-0.4, -0.2) is 45.3 Å². The van der Waals surface area contributed by atoms with E-state index in [1.807, 2.05) is 0 Å². The van der Waals surface area contributed by atoms with Crippen molar-refractivity contribution in [2.24, 2.45) is 5.92 Å². The molecule has 5 heteroatoms. The lowest BCUT2D eigenvalue weighted by atomic mass is 9.83. The zero-order chi connectivity index (χ0) is 14.5. The van der Waals surface area contributed by atoms with Gasteiger partial charge in [-0.1, -0.05) is 26.2 Å². The third-order valence-corrected chi connectivity index (χ3v) is 5.00. The molecular formula is C16H29N5. The van der Waals surface area contributed by atoms with Gasteiger partial charge >= 0.3 is 0 Å². The summed E-state index contributed by atoms with van der Waals surface area (Å²) in [6.45, 7) is 7.53. The largest absolute Gasteiger partial charge is 0.311 e. The molecule has 1 unspecified atom stereocenters. The molecule has 0 spiro atoms. The van der Waals surface area contributed by atoms with Gasteiger partial charge in [-0.2, -0.15) is 5.10 Å². The van der Waals surface area contributed by atoms with Crippen LogP contribution in [0, 0.1) is 5.92 Å². The van der Waals surface area contributed by atoms with Crippen molar-refractivity contribution in [3.05, 3.63) is 12.2 Å². The Balaban J connectivity index is 1.56. The maximum absolute atomic E-state index is 4.46. The minimum absolute atomic E-state index is 0.682. The van der Waals surface area contributed by atoms with Crippen LogP contribution in [-0.2, 0) is 13.1 Å². The summed E-state index contributed by atoms with van der Waals surface area (Å²) in [6.07, 6.45) is 9.93. The molecule has 1 atom stereocenters. The van der Waals surface area contributed by atoms with E-state index in [4.69, 9.17) is 0 Å². The Hall–Kier alpha value is -0.940. The Bertz CT molecular complexity index is 424. The van der Waals surface area contributed by atoms with Gasteiger partial charge in [-0.05, 0) is 25.2 Å². The first-order valence-electron chi connectivity index (χ1n) is 8.69. The molecule has 5 nitrogen and oxygen atoms in total. The van der Waals surface area contributed by atoms with Gasteiger partial charge in [0.1, 0.15) is 12.2 Å². The molecule has 21 heavy (non-hydrogen) atoms. The molecule has 2 aliphatic rings. The van der Waals surface area contributed by atoms with Crippen molar-refractivity contribution in [1.82, 2.24) is 25.0 Å². The van der Waals surface area contributed by atoms with E-state index in [2.05, 4.69) is 31.9 Å². The van der Waals surface area contributed by atoms with Crippen LogP contribution in [0.15, 0.2) is 6.33 Å². The fourth-order valence-corrected chi connectivity index (χ4v) is 3.85.